The first-order chi connectivity index (χ1) is 16.0. The number of nitrogens with two attached hydrogens (primary N) is 1. The fraction of sp³-hybridized carbons (Fsp3) is 0.577. The molecule has 8 nitrogen and oxygen atoms in total. The molecule has 2 unspecified atom stereocenters. The van der Waals surface area contributed by atoms with Gasteiger partial charge in [0.2, 0.25) is 0 Å². The summed E-state index contributed by atoms with van der Waals surface area (Å²) in [5.41, 5.74) is 6.79. The number of likely N-dealkylation sites (tertiary alicyclic amines) is 1. The summed E-state index contributed by atoms with van der Waals surface area (Å²) < 4.78 is 6.85. The lowest BCUT2D eigenvalue weighted by molar-refractivity contribution is 0.0521. The van der Waals surface area contributed by atoms with E-state index in [0.29, 0.717) is 36.3 Å². The van der Waals surface area contributed by atoms with E-state index in [1.165, 1.54) is 10.1 Å². The molecule has 3 N–H and O–H groups in total. The van der Waals surface area contributed by atoms with Crippen molar-refractivity contribution in [3.63, 3.8) is 0 Å². The molecule has 0 spiro atoms. The number of aromatic nitrogens is 2. The molecule has 1 amide bonds. The molecule has 0 radical (unpaired) electrons. The van der Waals surface area contributed by atoms with Crippen LogP contribution in [0.1, 0.15) is 40.2 Å². The Hall–Kier alpha value is -2.87. The van der Waals surface area contributed by atoms with Crippen molar-refractivity contribution in [1.29, 1.82) is 0 Å². The lowest BCUT2D eigenvalue weighted by Gasteiger charge is -2.33. The van der Waals surface area contributed by atoms with Crippen LogP contribution in [0.15, 0.2) is 41.3 Å². The molecule has 4 atom stereocenters. The van der Waals surface area contributed by atoms with Gasteiger partial charge in [0.05, 0.1) is 5.69 Å². The molecule has 4 rings (SSSR count). The number of hydrogen-bond acceptors (Lipinski definition) is 6. The fourth-order valence-corrected chi connectivity index (χ4v) is 5.20. The Balaban J connectivity index is 1.31. The molecule has 184 valence electrons. The normalized spacial score (nSPS) is 22.9. The molecule has 1 aromatic carbocycles. The molecule has 2 heterocycles. The van der Waals surface area contributed by atoms with Gasteiger partial charge in [-0.25, -0.2) is 9.59 Å². The van der Waals surface area contributed by atoms with Gasteiger partial charge in [-0.05, 0) is 74.6 Å². The second-order valence-electron chi connectivity index (χ2n) is 11.0. The van der Waals surface area contributed by atoms with E-state index in [9.17, 15) is 9.59 Å². The molecule has 1 saturated heterocycles. The van der Waals surface area contributed by atoms with Crippen molar-refractivity contribution < 1.29 is 9.53 Å². The summed E-state index contributed by atoms with van der Waals surface area (Å²) in [6.45, 7) is 13.1. The zero-order valence-electron chi connectivity index (χ0n) is 20.8. The quantitative estimate of drug-likeness (QED) is 0.649. The first-order valence-corrected chi connectivity index (χ1v) is 12.2. The van der Waals surface area contributed by atoms with Crippen LogP contribution in [0.2, 0.25) is 0 Å². The molecule has 2 fully saturated rings. The van der Waals surface area contributed by atoms with Crippen molar-refractivity contribution >= 4 is 11.9 Å². The first kappa shape index (κ1) is 24.3. The third kappa shape index (κ3) is 5.60. The van der Waals surface area contributed by atoms with Gasteiger partial charge in [-0.15, -0.1) is 0 Å². The van der Waals surface area contributed by atoms with Gasteiger partial charge in [-0.2, -0.15) is 4.98 Å². The summed E-state index contributed by atoms with van der Waals surface area (Å²) >= 11 is 0. The Morgan fingerprint density at radius 1 is 1.18 bits per heavy atom. The molecule has 2 aromatic rings. The van der Waals surface area contributed by atoms with E-state index < -0.39 is 5.60 Å². The predicted octanol–water partition coefficient (Wildman–Crippen LogP) is 3.08. The van der Waals surface area contributed by atoms with Gasteiger partial charge in [0.25, 0.3) is 0 Å². The number of hydrogen-bond donors (Lipinski definition) is 2. The summed E-state index contributed by atoms with van der Waals surface area (Å²) in [6.07, 6.45) is 2.30. The number of carbonyl (C=O) groups is 1. The van der Waals surface area contributed by atoms with Crippen molar-refractivity contribution in [2.75, 3.05) is 25.4 Å². The molecule has 0 bridgehead atoms. The van der Waals surface area contributed by atoms with Crippen LogP contribution in [0.25, 0.3) is 5.69 Å². The molecule has 34 heavy (non-hydrogen) atoms. The van der Waals surface area contributed by atoms with Crippen LogP contribution in [0.3, 0.4) is 0 Å². The number of nitrogens with zero attached hydrogens (tertiary/aromatic N) is 3. The number of fused-ring (bicyclic) bond motifs is 1. The Morgan fingerprint density at radius 2 is 1.82 bits per heavy atom. The molecule has 1 aliphatic heterocycles. The number of ether oxygens (including phenoxy) is 1. The fourth-order valence-electron chi connectivity index (χ4n) is 5.20. The number of carbonyl (C=O) groups excluding carboxylic acids is 1. The van der Waals surface area contributed by atoms with Crippen molar-refractivity contribution in [2.24, 2.45) is 23.7 Å². The minimum atomic E-state index is -0.467. The monoisotopic (exact) mass is 467 g/mol. The van der Waals surface area contributed by atoms with Crippen LogP contribution >= 0.6 is 0 Å². The maximum absolute atomic E-state index is 12.1. The van der Waals surface area contributed by atoms with Gasteiger partial charge in [0, 0.05) is 31.9 Å². The van der Waals surface area contributed by atoms with E-state index in [2.05, 4.69) is 41.2 Å². The first-order valence-electron chi connectivity index (χ1n) is 12.2. The van der Waals surface area contributed by atoms with E-state index in [-0.39, 0.29) is 17.6 Å². The molecule has 1 aromatic heterocycles. The van der Waals surface area contributed by atoms with Gasteiger partial charge in [-0.3, -0.25) is 9.47 Å². The Labute approximate surface area is 201 Å². The zero-order chi connectivity index (χ0) is 24.6. The lowest BCUT2D eigenvalue weighted by atomic mass is 9.94. The Morgan fingerprint density at radius 3 is 2.38 bits per heavy atom. The molecule has 1 aliphatic carbocycles. The van der Waals surface area contributed by atoms with Crippen molar-refractivity contribution in [2.45, 2.75) is 52.7 Å². The molecular formula is C26H37N5O3. The van der Waals surface area contributed by atoms with Crippen LogP contribution in [-0.4, -0.2) is 51.8 Å². The third-order valence-corrected chi connectivity index (χ3v) is 7.00. The highest BCUT2D eigenvalue weighted by molar-refractivity contribution is 5.67. The second-order valence-corrected chi connectivity index (χ2v) is 11.0. The number of alkyl carbamates (subject to hydrolysis) is 1. The van der Waals surface area contributed by atoms with Gasteiger partial charge in [0.1, 0.15) is 11.4 Å². The Bertz CT molecular complexity index is 1060. The van der Waals surface area contributed by atoms with Crippen LogP contribution in [0, 0.1) is 23.7 Å². The largest absolute Gasteiger partial charge is 0.444 e. The minimum absolute atomic E-state index is 0.226. The van der Waals surface area contributed by atoms with E-state index >= 15 is 0 Å². The molecule has 1 saturated carbocycles. The standard InChI is InChI=1S/C26H37N5O3/c1-16(2)22(12-17-6-8-18(9-7-17)31-11-10-23(27)29-24(31)32)30-14-20-19(21(20)15-30)13-28-25(33)34-26(3,4)5/h6-11,16,19-22H,12-15H2,1-5H3,(H,28,33)(H2,27,29,32)/t19?,20-,21+,22?. The molecular weight excluding hydrogens is 430 g/mol. The number of benzene rings is 1. The van der Waals surface area contributed by atoms with Gasteiger partial charge in [-0.1, -0.05) is 26.0 Å². The Kier molecular flexibility index (Phi) is 6.71. The van der Waals surface area contributed by atoms with Crippen LogP contribution in [0.4, 0.5) is 10.6 Å². The topological polar surface area (TPSA) is 102 Å². The third-order valence-electron chi connectivity index (χ3n) is 7.00. The smallest absolute Gasteiger partial charge is 0.407 e. The average molecular weight is 468 g/mol. The average Bonchev–Trinajstić information content (AvgIpc) is 3.19. The van der Waals surface area contributed by atoms with Crippen molar-refractivity contribution in [3.05, 3.63) is 52.6 Å². The number of nitrogens with one attached hydrogen (secondary N) is 1. The summed E-state index contributed by atoms with van der Waals surface area (Å²) in [5, 5.41) is 2.95. The minimum Gasteiger partial charge on any atom is -0.444 e. The van der Waals surface area contributed by atoms with E-state index in [0.717, 1.165) is 25.2 Å². The summed E-state index contributed by atoms with van der Waals surface area (Å²) in [6, 6.07) is 10.2. The number of anilines is 1. The van der Waals surface area contributed by atoms with Crippen LogP contribution in [0.5, 0.6) is 0 Å². The highest BCUT2D eigenvalue weighted by Gasteiger charge is 2.56. The number of amides is 1. The van der Waals surface area contributed by atoms with E-state index in [1.807, 2.05) is 32.9 Å². The van der Waals surface area contributed by atoms with Crippen molar-refractivity contribution in [3.8, 4) is 5.69 Å². The summed E-state index contributed by atoms with van der Waals surface area (Å²) in [7, 11) is 0. The number of rotatable bonds is 7. The predicted molar refractivity (Wildman–Crippen MR) is 133 cm³/mol. The SMILES string of the molecule is CC(C)C(Cc1ccc(-n2ccc(N)nc2=O)cc1)N1C[C@@H]2C(CNC(=O)OC(C)(C)C)[C@@H]2C1. The zero-order valence-corrected chi connectivity index (χ0v) is 20.8. The maximum Gasteiger partial charge on any atom is 0.407 e. The van der Waals surface area contributed by atoms with Gasteiger partial charge < -0.3 is 15.8 Å². The number of piperidine rings is 1. The van der Waals surface area contributed by atoms with Gasteiger partial charge in [0.15, 0.2) is 0 Å². The second kappa shape index (κ2) is 9.41. The summed E-state index contributed by atoms with van der Waals surface area (Å²) in [5.74, 6) is 2.62. The summed E-state index contributed by atoms with van der Waals surface area (Å²) in [4.78, 5) is 30.5. The lowest BCUT2D eigenvalue weighted by Crippen LogP contribution is -2.41. The molecule has 2 aliphatic rings. The van der Waals surface area contributed by atoms with Gasteiger partial charge >= 0.3 is 11.8 Å². The highest BCUT2D eigenvalue weighted by Crippen LogP contribution is 2.52. The van der Waals surface area contributed by atoms with Crippen LogP contribution < -0.4 is 16.7 Å². The van der Waals surface area contributed by atoms with E-state index in [4.69, 9.17) is 10.5 Å². The van der Waals surface area contributed by atoms with Crippen LogP contribution in [-0.2, 0) is 11.2 Å². The number of nitrogen functional groups attached to an aromatic ring is 1. The van der Waals surface area contributed by atoms with Crippen molar-refractivity contribution in [1.82, 2.24) is 19.8 Å². The molecule has 8 heteroatoms. The maximum atomic E-state index is 12.1. The van der Waals surface area contributed by atoms with E-state index in [1.54, 1.807) is 12.3 Å². The highest BCUT2D eigenvalue weighted by atomic mass is 16.6.